The summed E-state index contributed by atoms with van der Waals surface area (Å²) in [7, 11) is -1.64. The van der Waals surface area contributed by atoms with Gasteiger partial charge in [0.2, 0.25) is 11.8 Å². The molecule has 1 aliphatic rings. The molecule has 0 saturated carbocycles. The molecule has 0 spiro atoms. The zero-order valence-electron chi connectivity index (χ0n) is 17.1. The summed E-state index contributed by atoms with van der Waals surface area (Å²) in [5.41, 5.74) is 4.41. The lowest BCUT2D eigenvalue weighted by Gasteiger charge is -2.27. The molecule has 178 valence electrons. The van der Waals surface area contributed by atoms with E-state index in [1.54, 1.807) is 0 Å². The molecule has 0 aliphatic carbocycles. The number of anilines is 1. The maximum absolute atomic E-state index is 11.7. The Bertz CT molecular complexity index is 1040. The number of hydrogen-bond acceptors (Lipinski definition) is 12. The van der Waals surface area contributed by atoms with Crippen LogP contribution in [0, 0.1) is 3.83 Å². The normalized spacial score (nSPS) is 27.5. The summed E-state index contributed by atoms with van der Waals surface area (Å²) in [5.74, 6) is -1.18. The Balaban J connectivity index is 1.78. The standard InChI is InChI=1S/C15H22IN6O9P/c1-5(11(24)25)21-32(27)31-29-4-6-8(23)15(2,26)12(30-6)22-9-7(18-13(22)16)10(28-3)20-14(17)19-9/h5-6,8,12,23,26,32H,4H2,1-3H3,(H,21,27)(H,24,25)(H2,17,19,20)/t5-,6+,8+,12+,15+/m0/s1. The van der Waals surface area contributed by atoms with E-state index in [2.05, 4.69) is 24.7 Å². The number of aromatic nitrogens is 4. The van der Waals surface area contributed by atoms with Crippen LogP contribution in [0.1, 0.15) is 20.1 Å². The number of nitrogens with one attached hydrogen (secondary N) is 1. The monoisotopic (exact) mass is 588 g/mol. The Kier molecular flexibility index (Phi) is 7.55. The molecule has 2 aromatic heterocycles. The lowest BCUT2D eigenvalue weighted by molar-refractivity contribution is -0.230. The fraction of sp³-hybridized carbons (Fsp3) is 0.600. The molecule has 32 heavy (non-hydrogen) atoms. The third-order valence-corrected chi connectivity index (χ3v) is 6.44. The Morgan fingerprint density at radius 2 is 2.16 bits per heavy atom. The first kappa shape index (κ1) is 25.0. The van der Waals surface area contributed by atoms with Gasteiger partial charge in [-0.15, -0.1) is 0 Å². The predicted molar refractivity (Wildman–Crippen MR) is 116 cm³/mol. The van der Waals surface area contributed by atoms with Crippen LogP contribution in [0.2, 0.25) is 0 Å². The number of ether oxygens (including phenoxy) is 2. The van der Waals surface area contributed by atoms with Gasteiger partial charge in [0.25, 0.3) is 8.18 Å². The van der Waals surface area contributed by atoms with Crippen molar-refractivity contribution in [3.8, 4) is 5.88 Å². The van der Waals surface area contributed by atoms with E-state index in [-0.39, 0.29) is 23.0 Å². The molecular formula is C15H22IN6O9P. The van der Waals surface area contributed by atoms with E-state index < -0.39 is 50.8 Å². The topological polar surface area (TPSA) is 213 Å². The highest BCUT2D eigenvalue weighted by atomic mass is 127. The van der Waals surface area contributed by atoms with Crippen LogP contribution in [0.15, 0.2) is 0 Å². The van der Waals surface area contributed by atoms with Crippen LogP contribution >= 0.6 is 30.8 Å². The zero-order valence-corrected chi connectivity index (χ0v) is 20.2. The highest BCUT2D eigenvalue weighted by Crippen LogP contribution is 2.41. The van der Waals surface area contributed by atoms with Crippen molar-refractivity contribution in [1.29, 1.82) is 0 Å². The van der Waals surface area contributed by atoms with E-state index in [9.17, 15) is 19.6 Å². The molecule has 2 aromatic rings. The van der Waals surface area contributed by atoms with Gasteiger partial charge in [-0.05, 0) is 13.8 Å². The van der Waals surface area contributed by atoms with Crippen LogP contribution in [0.4, 0.5) is 5.95 Å². The van der Waals surface area contributed by atoms with Gasteiger partial charge in [-0.1, -0.05) is 0 Å². The summed E-state index contributed by atoms with van der Waals surface area (Å²) in [6, 6.07) is -1.12. The lowest BCUT2D eigenvalue weighted by Crippen LogP contribution is -2.44. The van der Waals surface area contributed by atoms with Gasteiger partial charge in [0.1, 0.15) is 30.5 Å². The first-order valence-corrected chi connectivity index (χ1v) is 11.5. The van der Waals surface area contributed by atoms with Crippen molar-refractivity contribution in [1.82, 2.24) is 24.6 Å². The van der Waals surface area contributed by atoms with Crippen molar-refractivity contribution in [2.75, 3.05) is 19.5 Å². The number of aliphatic hydroxyl groups excluding tert-OH is 1. The minimum absolute atomic E-state index is 0.0911. The number of aliphatic carboxylic acids is 1. The van der Waals surface area contributed by atoms with Crippen molar-refractivity contribution >= 4 is 53.9 Å². The number of hydrogen-bond donors (Lipinski definition) is 5. The van der Waals surface area contributed by atoms with E-state index in [4.69, 9.17) is 25.2 Å². The highest BCUT2D eigenvalue weighted by molar-refractivity contribution is 14.1. The molecule has 3 rings (SSSR count). The predicted octanol–water partition coefficient (Wildman–Crippen LogP) is -0.568. The van der Waals surface area contributed by atoms with Crippen molar-refractivity contribution < 1.29 is 43.7 Å². The summed E-state index contributed by atoms with van der Waals surface area (Å²) < 4.78 is 29.1. The number of fused-ring (bicyclic) bond motifs is 1. The molecular weight excluding hydrogens is 566 g/mol. The first-order chi connectivity index (χ1) is 15.0. The number of rotatable bonds is 9. The number of nitrogen functional groups attached to an aromatic ring is 1. The largest absolute Gasteiger partial charge is 0.480 e. The molecule has 17 heteroatoms. The average Bonchev–Trinajstić information content (AvgIpc) is 3.14. The highest BCUT2D eigenvalue weighted by Gasteiger charge is 2.54. The van der Waals surface area contributed by atoms with Crippen LogP contribution in [0.3, 0.4) is 0 Å². The molecule has 6 atom stereocenters. The Labute approximate surface area is 195 Å². The minimum atomic E-state index is -3.04. The molecule has 6 N–H and O–H groups in total. The summed E-state index contributed by atoms with van der Waals surface area (Å²) in [6.07, 6.45) is -3.71. The van der Waals surface area contributed by atoms with Gasteiger partial charge in [-0.2, -0.15) is 14.6 Å². The number of carboxylic acid groups (broad SMARTS) is 1. The number of methoxy groups -OCH3 is 1. The van der Waals surface area contributed by atoms with Crippen LogP contribution in [-0.4, -0.2) is 78.4 Å². The summed E-state index contributed by atoms with van der Waals surface area (Å²) in [6.45, 7) is 2.21. The first-order valence-electron chi connectivity index (χ1n) is 9.11. The van der Waals surface area contributed by atoms with Gasteiger partial charge in [0.05, 0.1) is 7.11 Å². The van der Waals surface area contributed by atoms with Gasteiger partial charge >= 0.3 is 5.97 Å². The number of aliphatic hydroxyl groups is 2. The van der Waals surface area contributed by atoms with Crippen molar-refractivity contribution in [2.45, 2.75) is 43.9 Å². The van der Waals surface area contributed by atoms with Crippen LogP contribution in [0.5, 0.6) is 5.88 Å². The number of carboxylic acids is 1. The molecule has 1 fully saturated rings. The Hall–Kier alpha value is -1.66. The summed E-state index contributed by atoms with van der Waals surface area (Å²) in [4.78, 5) is 28.1. The fourth-order valence-electron chi connectivity index (χ4n) is 3.06. The van der Waals surface area contributed by atoms with E-state index in [0.717, 1.165) is 0 Å². The van der Waals surface area contributed by atoms with Crippen LogP contribution in [-0.2, 0) is 23.7 Å². The van der Waals surface area contributed by atoms with Gasteiger partial charge in [-0.25, -0.2) is 15.0 Å². The van der Waals surface area contributed by atoms with E-state index >= 15 is 0 Å². The van der Waals surface area contributed by atoms with E-state index in [1.165, 1.54) is 25.5 Å². The maximum atomic E-state index is 11.7. The average molecular weight is 588 g/mol. The minimum Gasteiger partial charge on any atom is -0.480 e. The van der Waals surface area contributed by atoms with E-state index in [0.29, 0.717) is 3.83 Å². The summed E-state index contributed by atoms with van der Waals surface area (Å²) >= 11 is 1.90. The molecule has 1 aliphatic heterocycles. The maximum Gasteiger partial charge on any atom is 0.320 e. The number of carbonyl (C=O) groups is 1. The Morgan fingerprint density at radius 3 is 2.78 bits per heavy atom. The van der Waals surface area contributed by atoms with Gasteiger partial charge in [0, 0.05) is 22.6 Å². The van der Waals surface area contributed by atoms with Crippen LogP contribution in [0.25, 0.3) is 11.2 Å². The second-order valence-electron chi connectivity index (χ2n) is 7.07. The Morgan fingerprint density at radius 1 is 1.47 bits per heavy atom. The van der Waals surface area contributed by atoms with Crippen molar-refractivity contribution in [2.24, 2.45) is 0 Å². The van der Waals surface area contributed by atoms with Crippen molar-refractivity contribution in [3.05, 3.63) is 3.83 Å². The molecule has 15 nitrogen and oxygen atoms in total. The second-order valence-corrected chi connectivity index (χ2v) is 9.07. The molecule has 1 saturated heterocycles. The molecule has 0 aromatic carbocycles. The SMILES string of the molecule is COc1nc(N)nc2c1nc(I)n2[C@@H]1O[C@H](COO[PH](=O)N[C@@H](C)C(=O)O)[C@@H](O)[C@@]1(C)O. The van der Waals surface area contributed by atoms with Gasteiger partial charge in [0.15, 0.2) is 21.2 Å². The zero-order chi connectivity index (χ0) is 23.8. The second kappa shape index (κ2) is 9.68. The summed E-state index contributed by atoms with van der Waals surface area (Å²) in [5, 5.41) is 32.6. The number of nitrogens with two attached hydrogens (primary N) is 1. The van der Waals surface area contributed by atoms with Gasteiger partial charge < -0.3 is 30.5 Å². The third-order valence-electron chi connectivity index (χ3n) is 4.74. The molecule has 1 unspecified atom stereocenters. The smallest absolute Gasteiger partial charge is 0.320 e. The number of nitrogens with zero attached hydrogens (tertiary/aromatic N) is 4. The quantitative estimate of drug-likeness (QED) is 0.0817. The van der Waals surface area contributed by atoms with E-state index in [1.807, 2.05) is 22.6 Å². The number of halogens is 1. The third kappa shape index (κ3) is 4.81. The van der Waals surface area contributed by atoms with Crippen LogP contribution < -0.4 is 15.6 Å². The van der Waals surface area contributed by atoms with Crippen molar-refractivity contribution in [3.63, 3.8) is 0 Å². The molecule has 0 radical (unpaired) electrons. The lowest BCUT2D eigenvalue weighted by atomic mass is 9.96. The van der Waals surface area contributed by atoms with Gasteiger partial charge in [-0.3, -0.25) is 13.9 Å². The number of imidazole rings is 1. The molecule has 0 amide bonds. The molecule has 3 heterocycles. The molecule has 0 bridgehead atoms. The fourth-order valence-corrected chi connectivity index (χ4v) is 4.48.